The van der Waals surface area contributed by atoms with Gasteiger partial charge in [0.25, 0.3) is 0 Å². The zero-order valence-corrected chi connectivity index (χ0v) is 14.7. The summed E-state index contributed by atoms with van der Waals surface area (Å²) >= 11 is 0. The zero-order chi connectivity index (χ0) is 17.9. The van der Waals surface area contributed by atoms with E-state index in [2.05, 4.69) is 15.2 Å². The van der Waals surface area contributed by atoms with Crippen molar-refractivity contribution in [3.05, 3.63) is 24.3 Å². The first-order valence-electron chi connectivity index (χ1n) is 8.85. The molecule has 2 aliphatic rings. The minimum Gasteiger partial charge on any atom is -0.467 e. The van der Waals surface area contributed by atoms with Gasteiger partial charge in [0.2, 0.25) is 11.8 Å². The Bertz CT molecular complexity index is 794. The van der Waals surface area contributed by atoms with E-state index in [1.165, 1.54) is 6.92 Å². The molecule has 1 aromatic carbocycles. The number of anilines is 1. The molecule has 26 heavy (non-hydrogen) atoms. The van der Waals surface area contributed by atoms with Crippen LogP contribution in [0.2, 0.25) is 0 Å². The third-order valence-electron chi connectivity index (χ3n) is 4.52. The number of fused-ring (bicyclic) bond motifs is 1. The highest BCUT2D eigenvalue weighted by Gasteiger charge is 2.33. The summed E-state index contributed by atoms with van der Waals surface area (Å²) < 4.78 is 16.9. The van der Waals surface area contributed by atoms with E-state index in [4.69, 9.17) is 19.2 Å². The topological polar surface area (TPSA) is 85.8 Å². The third kappa shape index (κ3) is 3.56. The Hall–Kier alpha value is -2.45. The largest absolute Gasteiger partial charge is 0.467 e. The van der Waals surface area contributed by atoms with Gasteiger partial charge in [0.1, 0.15) is 0 Å². The number of carbonyl (C=O) groups is 1. The summed E-state index contributed by atoms with van der Waals surface area (Å²) in [6, 6.07) is 7.76. The maximum Gasteiger partial charge on any atom is 0.303 e. The van der Waals surface area contributed by atoms with E-state index in [0.29, 0.717) is 25.0 Å². The van der Waals surface area contributed by atoms with Crippen LogP contribution >= 0.6 is 0 Å². The molecule has 0 spiro atoms. The number of para-hydroxylation sites is 1. The van der Waals surface area contributed by atoms with E-state index < -0.39 is 6.10 Å². The van der Waals surface area contributed by atoms with Crippen LogP contribution in [-0.2, 0) is 14.3 Å². The zero-order valence-electron chi connectivity index (χ0n) is 14.7. The molecule has 8 heteroatoms. The van der Waals surface area contributed by atoms with Crippen molar-refractivity contribution in [1.29, 1.82) is 0 Å². The molecule has 2 aliphatic heterocycles. The summed E-state index contributed by atoms with van der Waals surface area (Å²) in [7, 11) is 0. The lowest BCUT2D eigenvalue weighted by Gasteiger charge is -2.28. The number of nitrogens with one attached hydrogen (secondary N) is 1. The number of hydrogen-bond donors (Lipinski definition) is 1. The van der Waals surface area contributed by atoms with Gasteiger partial charge in [0, 0.05) is 33.1 Å². The second kappa shape index (κ2) is 7.43. The van der Waals surface area contributed by atoms with E-state index in [1.807, 2.05) is 24.3 Å². The lowest BCUT2D eigenvalue weighted by atomic mass is 10.2. The second-order valence-electron chi connectivity index (χ2n) is 6.42. The normalized spacial score (nSPS) is 23.2. The predicted molar refractivity (Wildman–Crippen MR) is 95.4 cm³/mol. The molecule has 2 aromatic rings. The van der Waals surface area contributed by atoms with Crippen molar-refractivity contribution in [1.82, 2.24) is 15.3 Å². The van der Waals surface area contributed by atoms with Gasteiger partial charge in [-0.1, -0.05) is 12.1 Å². The average Bonchev–Trinajstić information content (AvgIpc) is 3.08. The van der Waals surface area contributed by atoms with Gasteiger partial charge in [0.05, 0.1) is 24.1 Å². The van der Waals surface area contributed by atoms with Crippen LogP contribution in [0, 0.1) is 0 Å². The van der Waals surface area contributed by atoms with E-state index in [0.717, 1.165) is 37.1 Å². The van der Waals surface area contributed by atoms with E-state index >= 15 is 0 Å². The fourth-order valence-electron chi connectivity index (χ4n) is 3.22. The van der Waals surface area contributed by atoms with Crippen molar-refractivity contribution in [3.63, 3.8) is 0 Å². The van der Waals surface area contributed by atoms with Gasteiger partial charge in [-0.3, -0.25) is 4.79 Å². The molecule has 0 bridgehead atoms. The fourth-order valence-corrected chi connectivity index (χ4v) is 3.22. The molecule has 2 fully saturated rings. The number of esters is 1. The summed E-state index contributed by atoms with van der Waals surface area (Å²) in [6.45, 7) is 5.57. The van der Waals surface area contributed by atoms with Gasteiger partial charge in [-0.15, -0.1) is 0 Å². The van der Waals surface area contributed by atoms with E-state index in [-0.39, 0.29) is 12.1 Å². The van der Waals surface area contributed by atoms with Gasteiger partial charge in [0.15, 0.2) is 12.2 Å². The van der Waals surface area contributed by atoms with Crippen LogP contribution in [0.5, 0.6) is 5.88 Å². The highest BCUT2D eigenvalue weighted by molar-refractivity contribution is 5.84. The van der Waals surface area contributed by atoms with Crippen LogP contribution < -0.4 is 15.0 Å². The monoisotopic (exact) mass is 358 g/mol. The molecule has 1 aromatic heterocycles. The van der Waals surface area contributed by atoms with Gasteiger partial charge in [-0.25, -0.2) is 4.98 Å². The molecule has 0 aliphatic carbocycles. The Balaban J connectivity index is 1.65. The number of benzene rings is 1. The standard InChI is InChI=1S/C18H22N4O4/c1-12(23)25-15-10-24-11-16(15)26-17-13-4-2-3-5-14(13)20-18(21-17)22-8-6-19-7-9-22/h2-5,15-16,19H,6-11H2,1H3/t15-,16-/m0/s1. The number of rotatable bonds is 4. The summed E-state index contributed by atoms with van der Waals surface area (Å²) in [5, 5.41) is 4.16. The Morgan fingerprint density at radius 2 is 1.96 bits per heavy atom. The Morgan fingerprint density at radius 3 is 2.77 bits per heavy atom. The molecule has 0 unspecified atom stereocenters. The molecule has 2 atom stereocenters. The highest BCUT2D eigenvalue weighted by Crippen LogP contribution is 2.28. The summed E-state index contributed by atoms with van der Waals surface area (Å²) in [4.78, 5) is 22.8. The van der Waals surface area contributed by atoms with Crippen LogP contribution in [0.4, 0.5) is 5.95 Å². The van der Waals surface area contributed by atoms with Crippen molar-refractivity contribution in [2.75, 3.05) is 44.3 Å². The van der Waals surface area contributed by atoms with Gasteiger partial charge >= 0.3 is 5.97 Å². The van der Waals surface area contributed by atoms with Crippen molar-refractivity contribution >= 4 is 22.8 Å². The molecule has 8 nitrogen and oxygen atoms in total. The van der Waals surface area contributed by atoms with Gasteiger partial charge in [-0.05, 0) is 12.1 Å². The Labute approximate surface area is 151 Å². The first-order chi connectivity index (χ1) is 12.7. The first kappa shape index (κ1) is 17.0. The number of ether oxygens (including phenoxy) is 3. The van der Waals surface area contributed by atoms with E-state index in [1.54, 1.807) is 0 Å². The average molecular weight is 358 g/mol. The number of aromatic nitrogens is 2. The molecule has 0 radical (unpaired) electrons. The summed E-state index contributed by atoms with van der Waals surface area (Å²) in [6.07, 6.45) is -0.808. The van der Waals surface area contributed by atoms with Gasteiger partial charge < -0.3 is 24.4 Å². The van der Waals surface area contributed by atoms with E-state index in [9.17, 15) is 4.79 Å². The SMILES string of the molecule is CC(=O)O[C@H]1COC[C@@H]1Oc1nc(N2CCNCC2)nc2ccccc12. The number of hydrogen-bond acceptors (Lipinski definition) is 8. The Morgan fingerprint density at radius 1 is 1.19 bits per heavy atom. The predicted octanol–water partition coefficient (Wildman–Crippen LogP) is 0.749. The summed E-state index contributed by atoms with van der Waals surface area (Å²) in [5.74, 6) is 0.808. The maximum atomic E-state index is 11.3. The quantitative estimate of drug-likeness (QED) is 0.802. The van der Waals surface area contributed by atoms with Crippen molar-refractivity contribution < 1.29 is 19.0 Å². The Kier molecular flexibility index (Phi) is 4.85. The molecule has 3 heterocycles. The molecular weight excluding hydrogens is 336 g/mol. The molecular formula is C18H22N4O4. The maximum absolute atomic E-state index is 11.3. The fraction of sp³-hybridized carbons (Fsp3) is 0.500. The summed E-state index contributed by atoms with van der Waals surface area (Å²) in [5.41, 5.74) is 0.828. The lowest BCUT2D eigenvalue weighted by molar-refractivity contribution is -0.149. The smallest absolute Gasteiger partial charge is 0.303 e. The molecule has 138 valence electrons. The molecule has 0 amide bonds. The minimum atomic E-state index is -0.427. The van der Waals surface area contributed by atoms with Crippen molar-refractivity contribution in [2.24, 2.45) is 0 Å². The van der Waals surface area contributed by atoms with Crippen LogP contribution in [0.1, 0.15) is 6.92 Å². The highest BCUT2D eigenvalue weighted by atomic mass is 16.6. The van der Waals surface area contributed by atoms with Crippen molar-refractivity contribution in [3.8, 4) is 5.88 Å². The van der Waals surface area contributed by atoms with Crippen LogP contribution in [-0.4, -0.2) is 67.5 Å². The molecule has 0 saturated carbocycles. The number of nitrogens with zero attached hydrogens (tertiary/aromatic N) is 3. The van der Waals surface area contributed by atoms with Gasteiger partial charge in [-0.2, -0.15) is 4.98 Å². The number of piperazine rings is 1. The second-order valence-corrected chi connectivity index (χ2v) is 6.42. The van der Waals surface area contributed by atoms with Crippen molar-refractivity contribution in [2.45, 2.75) is 19.1 Å². The van der Waals surface area contributed by atoms with Crippen LogP contribution in [0.15, 0.2) is 24.3 Å². The lowest BCUT2D eigenvalue weighted by Crippen LogP contribution is -2.44. The minimum absolute atomic E-state index is 0.331. The molecule has 2 saturated heterocycles. The molecule has 4 rings (SSSR count). The molecule has 1 N–H and O–H groups in total. The van der Waals surface area contributed by atoms with Crippen LogP contribution in [0.25, 0.3) is 10.9 Å². The third-order valence-corrected chi connectivity index (χ3v) is 4.52. The van der Waals surface area contributed by atoms with Crippen LogP contribution in [0.3, 0.4) is 0 Å². The first-order valence-corrected chi connectivity index (χ1v) is 8.85. The number of carbonyl (C=O) groups excluding carboxylic acids is 1.